The molecule has 0 spiro atoms. The van der Waals surface area contributed by atoms with Crippen molar-refractivity contribution in [2.75, 3.05) is 0 Å². The van der Waals surface area contributed by atoms with Crippen LogP contribution in [0.4, 0.5) is 0 Å². The molecule has 0 amide bonds. The van der Waals surface area contributed by atoms with E-state index in [2.05, 4.69) is 18.0 Å². The molecule has 0 saturated heterocycles. The highest BCUT2D eigenvalue weighted by Gasteiger charge is 2.03. The first kappa shape index (κ1) is 12.6. The summed E-state index contributed by atoms with van der Waals surface area (Å²) in [5.74, 6) is 0.410. The first-order chi connectivity index (χ1) is 8.79. The van der Waals surface area contributed by atoms with E-state index < -0.39 is 0 Å². The molecular formula is C16H19NO. The molecule has 2 aromatic rings. The summed E-state index contributed by atoms with van der Waals surface area (Å²) in [4.78, 5) is 4.30. The Labute approximate surface area is 108 Å². The van der Waals surface area contributed by atoms with Crippen LogP contribution < -0.4 is 0 Å². The fourth-order valence-corrected chi connectivity index (χ4v) is 2.06. The van der Waals surface area contributed by atoms with Gasteiger partial charge in [0.05, 0.1) is 0 Å². The Bertz CT molecular complexity index is 494. The number of rotatable bonds is 5. The summed E-state index contributed by atoms with van der Waals surface area (Å²) in [7, 11) is 0. The maximum atomic E-state index is 9.81. The molecule has 0 bridgehead atoms. The van der Waals surface area contributed by atoms with E-state index in [0.29, 0.717) is 5.75 Å². The molecule has 0 aliphatic rings. The summed E-state index contributed by atoms with van der Waals surface area (Å²) in [5, 5.41) is 9.81. The molecule has 0 saturated carbocycles. The Balaban J connectivity index is 1.94. The Morgan fingerprint density at radius 2 is 2.00 bits per heavy atom. The van der Waals surface area contributed by atoms with E-state index >= 15 is 0 Å². The number of aromatic nitrogens is 1. The molecule has 0 aliphatic heterocycles. The van der Waals surface area contributed by atoms with E-state index in [4.69, 9.17) is 0 Å². The second kappa shape index (κ2) is 6.20. The van der Waals surface area contributed by atoms with Gasteiger partial charge in [0, 0.05) is 11.9 Å². The van der Waals surface area contributed by atoms with Gasteiger partial charge in [0.25, 0.3) is 0 Å². The van der Waals surface area contributed by atoms with E-state index in [1.807, 2.05) is 30.5 Å². The van der Waals surface area contributed by atoms with Crippen molar-refractivity contribution >= 4 is 0 Å². The topological polar surface area (TPSA) is 33.1 Å². The number of pyridine rings is 1. The zero-order valence-electron chi connectivity index (χ0n) is 10.8. The Morgan fingerprint density at radius 1 is 1.11 bits per heavy atom. The third kappa shape index (κ3) is 3.33. The third-order valence-corrected chi connectivity index (χ3v) is 3.16. The van der Waals surface area contributed by atoms with Crippen LogP contribution in [-0.2, 0) is 19.3 Å². The SMILES string of the molecule is CCc1ccc(O)c(CCCc2ccccn2)c1. The van der Waals surface area contributed by atoms with Crippen LogP contribution in [0.2, 0.25) is 0 Å². The van der Waals surface area contributed by atoms with Crippen molar-refractivity contribution in [2.24, 2.45) is 0 Å². The van der Waals surface area contributed by atoms with Crippen LogP contribution in [0.3, 0.4) is 0 Å². The number of hydrogen-bond donors (Lipinski definition) is 1. The Morgan fingerprint density at radius 3 is 2.72 bits per heavy atom. The van der Waals surface area contributed by atoms with Crippen LogP contribution >= 0.6 is 0 Å². The quantitative estimate of drug-likeness (QED) is 0.868. The van der Waals surface area contributed by atoms with Crippen molar-refractivity contribution in [3.63, 3.8) is 0 Å². The summed E-state index contributed by atoms with van der Waals surface area (Å²) in [6.45, 7) is 2.13. The molecule has 18 heavy (non-hydrogen) atoms. The molecule has 0 unspecified atom stereocenters. The molecule has 0 atom stereocenters. The molecule has 1 aromatic carbocycles. The molecule has 2 nitrogen and oxygen atoms in total. The van der Waals surface area contributed by atoms with Crippen molar-refractivity contribution in [3.05, 3.63) is 59.4 Å². The van der Waals surface area contributed by atoms with Gasteiger partial charge in [-0.25, -0.2) is 0 Å². The predicted molar refractivity (Wildman–Crippen MR) is 73.7 cm³/mol. The van der Waals surface area contributed by atoms with Crippen LogP contribution in [0.25, 0.3) is 0 Å². The average molecular weight is 241 g/mol. The lowest BCUT2D eigenvalue weighted by Gasteiger charge is -2.06. The van der Waals surface area contributed by atoms with Gasteiger partial charge in [-0.15, -0.1) is 0 Å². The van der Waals surface area contributed by atoms with Crippen LogP contribution in [0, 0.1) is 0 Å². The maximum absolute atomic E-state index is 9.81. The van der Waals surface area contributed by atoms with Crippen LogP contribution in [-0.4, -0.2) is 10.1 Å². The molecule has 1 N–H and O–H groups in total. The lowest BCUT2D eigenvalue weighted by atomic mass is 10.0. The molecular weight excluding hydrogens is 222 g/mol. The van der Waals surface area contributed by atoms with Crippen molar-refractivity contribution in [2.45, 2.75) is 32.6 Å². The minimum atomic E-state index is 0.410. The van der Waals surface area contributed by atoms with Gasteiger partial charge < -0.3 is 5.11 Å². The highest BCUT2D eigenvalue weighted by molar-refractivity contribution is 5.36. The lowest BCUT2D eigenvalue weighted by Crippen LogP contribution is -1.94. The maximum Gasteiger partial charge on any atom is 0.118 e. The van der Waals surface area contributed by atoms with Crippen LogP contribution in [0.5, 0.6) is 5.75 Å². The van der Waals surface area contributed by atoms with Gasteiger partial charge in [-0.2, -0.15) is 0 Å². The molecule has 0 aliphatic carbocycles. The first-order valence-corrected chi connectivity index (χ1v) is 6.50. The molecule has 1 aromatic heterocycles. The molecule has 0 fully saturated rings. The van der Waals surface area contributed by atoms with Gasteiger partial charge in [-0.3, -0.25) is 4.98 Å². The van der Waals surface area contributed by atoms with E-state index in [-0.39, 0.29) is 0 Å². The van der Waals surface area contributed by atoms with E-state index in [9.17, 15) is 5.11 Å². The molecule has 2 rings (SSSR count). The molecule has 0 radical (unpaired) electrons. The number of phenolic OH excluding ortho intramolecular Hbond substituents is 1. The summed E-state index contributed by atoms with van der Waals surface area (Å²) < 4.78 is 0. The number of hydrogen-bond acceptors (Lipinski definition) is 2. The standard InChI is InChI=1S/C16H19NO/c1-2-13-9-10-16(18)14(12-13)6-5-8-15-7-3-4-11-17-15/h3-4,7,9-12,18H,2,5-6,8H2,1H3. The van der Waals surface area contributed by atoms with Gasteiger partial charge in [-0.1, -0.05) is 25.1 Å². The highest BCUT2D eigenvalue weighted by atomic mass is 16.3. The van der Waals surface area contributed by atoms with Gasteiger partial charge in [0.2, 0.25) is 0 Å². The highest BCUT2D eigenvalue weighted by Crippen LogP contribution is 2.21. The van der Waals surface area contributed by atoms with Gasteiger partial charge in [-0.05, 0) is 55.0 Å². The Hall–Kier alpha value is -1.83. The number of benzene rings is 1. The van der Waals surface area contributed by atoms with E-state index in [0.717, 1.165) is 36.9 Å². The normalized spacial score (nSPS) is 10.5. The number of phenols is 1. The summed E-state index contributed by atoms with van der Waals surface area (Å²) >= 11 is 0. The second-order valence-electron chi connectivity index (χ2n) is 4.49. The van der Waals surface area contributed by atoms with Crippen molar-refractivity contribution in [1.29, 1.82) is 0 Å². The number of aromatic hydroxyl groups is 1. The number of aryl methyl sites for hydroxylation is 3. The molecule has 94 valence electrons. The average Bonchev–Trinajstić information content (AvgIpc) is 2.42. The largest absolute Gasteiger partial charge is 0.508 e. The smallest absolute Gasteiger partial charge is 0.118 e. The lowest BCUT2D eigenvalue weighted by molar-refractivity contribution is 0.466. The van der Waals surface area contributed by atoms with Crippen molar-refractivity contribution in [3.8, 4) is 5.75 Å². The fourth-order valence-electron chi connectivity index (χ4n) is 2.06. The van der Waals surface area contributed by atoms with Crippen LogP contribution in [0.15, 0.2) is 42.6 Å². The Kier molecular flexibility index (Phi) is 4.35. The minimum absolute atomic E-state index is 0.410. The van der Waals surface area contributed by atoms with Crippen molar-refractivity contribution in [1.82, 2.24) is 4.98 Å². The fraction of sp³-hybridized carbons (Fsp3) is 0.312. The molecule has 1 heterocycles. The third-order valence-electron chi connectivity index (χ3n) is 3.16. The van der Waals surface area contributed by atoms with Gasteiger partial charge >= 0.3 is 0 Å². The zero-order chi connectivity index (χ0) is 12.8. The predicted octanol–water partition coefficient (Wildman–Crippen LogP) is 3.52. The van der Waals surface area contributed by atoms with Gasteiger partial charge in [0.1, 0.15) is 5.75 Å². The van der Waals surface area contributed by atoms with E-state index in [1.165, 1.54) is 5.56 Å². The minimum Gasteiger partial charge on any atom is -0.508 e. The summed E-state index contributed by atoms with van der Waals surface area (Å²) in [6.07, 6.45) is 5.70. The molecule has 2 heteroatoms. The summed E-state index contributed by atoms with van der Waals surface area (Å²) in [6, 6.07) is 11.9. The second-order valence-corrected chi connectivity index (χ2v) is 4.49. The summed E-state index contributed by atoms with van der Waals surface area (Å²) in [5.41, 5.74) is 3.44. The monoisotopic (exact) mass is 241 g/mol. The number of nitrogens with zero attached hydrogens (tertiary/aromatic N) is 1. The first-order valence-electron chi connectivity index (χ1n) is 6.50. The van der Waals surface area contributed by atoms with Crippen molar-refractivity contribution < 1.29 is 5.11 Å². The van der Waals surface area contributed by atoms with E-state index in [1.54, 1.807) is 6.07 Å². The van der Waals surface area contributed by atoms with Gasteiger partial charge in [0.15, 0.2) is 0 Å². The van der Waals surface area contributed by atoms with Crippen LogP contribution in [0.1, 0.15) is 30.2 Å². The zero-order valence-corrected chi connectivity index (χ0v) is 10.8.